The Morgan fingerprint density at radius 1 is 1.32 bits per heavy atom. The van der Waals surface area contributed by atoms with Gasteiger partial charge in [-0.15, -0.1) is 0 Å². The van der Waals surface area contributed by atoms with Gasteiger partial charge in [-0.3, -0.25) is 4.90 Å². The molecule has 0 saturated carbocycles. The van der Waals surface area contributed by atoms with E-state index in [4.69, 9.17) is 4.74 Å². The van der Waals surface area contributed by atoms with Crippen molar-refractivity contribution in [2.75, 3.05) is 33.3 Å². The molecule has 1 aliphatic heterocycles. The highest BCUT2D eigenvalue weighted by atomic mass is 16.5. The molecule has 1 aromatic rings. The molecule has 106 valence electrons. The molecule has 1 fully saturated rings. The first-order valence-corrected chi connectivity index (χ1v) is 7.26. The zero-order valence-corrected chi connectivity index (χ0v) is 12.4. The van der Waals surface area contributed by atoms with Crippen molar-refractivity contribution in [1.29, 1.82) is 0 Å². The average molecular weight is 262 g/mol. The van der Waals surface area contributed by atoms with Crippen molar-refractivity contribution in [2.45, 2.75) is 32.4 Å². The monoisotopic (exact) mass is 262 g/mol. The molecule has 1 unspecified atom stereocenters. The molecule has 19 heavy (non-hydrogen) atoms. The highest BCUT2D eigenvalue weighted by Gasteiger charge is 2.19. The molecular weight excluding hydrogens is 236 g/mol. The van der Waals surface area contributed by atoms with Crippen LogP contribution in [0.1, 0.15) is 30.9 Å². The third-order valence-electron chi connectivity index (χ3n) is 3.71. The van der Waals surface area contributed by atoms with E-state index < -0.39 is 0 Å². The van der Waals surface area contributed by atoms with Crippen molar-refractivity contribution >= 4 is 0 Å². The SMILES string of the molecule is CNCC1CN(Cc2ccc(C(C)C)cc2)CCO1. The summed E-state index contributed by atoms with van der Waals surface area (Å²) >= 11 is 0. The Balaban J connectivity index is 1.89. The van der Waals surface area contributed by atoms with E-state index in [1.807, 2.05) is 7.05 Å². The van der Waals surface area contributed by atoms with Gasteiger partial charge in [0.2, 0.25) is 0 Å². The number of likely N-dealkylation sites (N-methyl/N-ethyl adjacent to an activating group) is 1. The van der Waals surface area contributed by atoms with Gasteiger partial charge in [-0.25, -0.2) is 0 Å². The van der Waals surface area contributed by atoms with Crippen LogP contribution in [0, 0.1) is 0 Å². The Hall–Kier alpha value is -0.900. The molecule has 3 heteroatoms. The third kappa shape index (κ3) is 4.30. The minimum Gasteiger partial charge on any atom is -0.374 e. The van der Waals surface area contributed by atoms with Crippen molar-refractivity contribution in [3.63, 3.8) is 0 Å². The van der Waals surface area contributed by atoms with E-state index in [-0.39, 0.29) is 0 Å². The maximum Gasteiger partial charge on any atom is 0.0826 e. The standard InChI is InChI=1S/C16H26N2O/c1-13(2)15-6-4-14(5-7-15)11-18-8-9-19-16(12-18)10-17-3/h4-7,13,16-17H,8-12H2,1-3H3. The number of rotatable bonds is 5. The summed E-state index contributed by atoms with van der Waals surface area (Å²) < 4.78 is 5.73. The predicted molar refractivity (Wildman–Crippen MR) is 79.5 cm³/mol. The second-order valence-electron chi connectivity index (χ2n) is 5.68. The first-order chi connectivity index (χ1) is 9.19. The first-order valence-electron chi connectivity index (χ1n) is 7.26. The Kier molecular flexibility index (Phi) is 5.37. The molecule has 1 saturated heterocycles. The minimum absolute atomic E-state index is 0.327. The zero-order chi connectivity index (χ0) is 13.7. The number of morpholine rings is 1. The topological polar surface area (TPSA) is 24.5 Å². The molecule has 0 radical (unpaired) electrons. The summed E-state index contributed by atoms with van der Waals surface area (Å²) in [6, 6.07) is 9.03. The van der Waals surface area contributed by atoms with Crippen LogP contribution in [0.15, 0.2) is 24.3 Å². The van der Waals surface area contributed by atoms with Crippen molar-refractivity contribution < 1.29 is 4.74 Å². The number of hydrogen-bond acceptors (Lipinski definition) is 3. The molecule has 1 atom stereocenters. The molecule has 0 bridgehead atoms. The summed E-state index contributed by atoms with van der Waals surface area (Å²) in [4.78, 5) is 2.48. The van der Waals surface area contributed by atoms with Gasteiger partial charge in [0.1, 0.15) is 0 Å². The fourth-order valence-electron chi connectivity index (χ4n) is 2.54. The quantitative estimate of drug-likeness (QED) is 0.880. The van der Waals surface area contributed by atoms with E-state index in [0.29, 0.717) is 12.0 Å². The van der Waals surface area contributed by atoms with Gasteiger partial charge in [0.15, 0.2) is 0 Å². The molecule has 2 rings (SSSR count). The lowest BCUT2D eigenvalue weighted by Crippen LogP contribution is -2.45. The van der Waals surface area contributed by atoms with Gasteiger partial charge in [-0.1, -0.05) is 38.1 Å². The largest absolute Gasteiger partial charge is 0.374 e. The van der Waals surface area contributed by atoms with Gasteiger partial charge in [0.05, 0.1) is 12.7 Å². The van der Waals surface area contributed by atoms with E-state index in [1.54, 1.807) is 0 Å². The summed E-state index contributed by atoms with van der Waals surface area (Å²) in [7, 11) is 1.98. The van der Waals surface area contributed by atoms with Crippen LogP contribution < -0.4 is 5.32 Å². The lowest BCUT2D eigenvalue weighted by atomic mass is 10.0. The highest BCUT2D eigenvalue weighted by Crippen LogP contribution is 2.16. The fourth-order valence-corrected chi connectivity index (χ4v) is 2.54. The van der Waals surface area contributed by atoms with Gasteiger partial charge in [0, 0.05) is 26.2 Å². The van der Waals surface area contributed by atoms with Crippen molar-refractivity contribution in [2.24, 2.45) is 0 Å². The summed E-state index contributed by atoms with van der Waals surface area (Å²) in [6.45, 7) is 9.33. The fraction of sp³-hybridized carbons (Fsp3) is 0.625. The second-order valence-corrected chi connectivity index (χ2v) is 5.68. The molecule has 3 nitrogen and oxygen atoms in total. The molecule has 1 heterocycles. The predicted octanol–water partition coefficient (Wildman–Crippen LogP) is 2.23. The normalized spacial score (nSPS) is 20.9. The Bertz CT molecular complexity index is 373. The van der Waals surface area contributed by atoms with E-state index in [1.165, 1.54) is 11.1 Å². The maximum absolute atomic E-state index is 5.73. The van der Waals surface area contributed by atoms with Gasteiger partial charge in [-0.05, 0) is 24.1 Å². The second kappa shape index (κ2) is 7.04. The van der Waals surface area contributed by atoms with Crippen molar-refractivity contribution in [3.05, 3.63) is 35.4 Å². The van der Waals surface area contributed by atoms with Crippen LogP contribution in [0.5, 0.6) is 0 Å². The van der Waals surface area contributed by atoms with Crippen LogP contribution in [-0.4, -0.2) is 44.3 Å². The average Bonchev–Trinajstić information content (AvgIpc) is 2.40. The number of nitrogens with one attached hydrogen (secondary N) is 1. The molecule has 0 aliphatic carbocycles. The van der Waals surface area contributed by atoms with Crippen molar-refractivity contribution in [1.82, 2.24) is 10.2 Å². The minimum atomic E-state index is 0.327. The van der Waals surface area contributed by atoms with Crippen LogP contribution in [0.25, 0.3) is 0 Å². The lowest BCUT2D eigenvalue weighted by molar-refractivity contribution is -0.0291. The number of nitrogens with zero attached hydrogens (tertiary/aromatic N) is 1. The third-order valence-corrected chi connectivity index (χ3v) is 3.71. The van der Waals surface area contributed by atoms with Crippen LogP contribution >= 0.6 is 0 Å². The summed E-state index contributed by atoms with van der Waals surface area (Å²) in [5, 5.41) is 3.19. The van der Waals surface area contributed by atoms with Gasteiger partial charge >= 0.3 is 0 Å². The molecular formula is C16H26N2O. The first kappa shape index (κ1) is 14.5. The number of hydrogen-bond donors (Lipinski definition) is 1. The van der Waals surface area contributed by atoms with Crippen molar-refractivity contribution in [3.8, 4) is 0 Å². The molecule has 1 aromatic carbocycles. The van der Waals surface area contributed by atoms with Crippen LogP contribution in [-0.2, 0) is 11.3 Å². The Morgan fingerprint density at radius 2 is 2.05 bits per heavy atom. The highest BCUT2D eigenvalue weighted by molar-refractivity contribution is 5.24. The molecule has 0 amide bonds. The summed E-state index contributed by atoms with van der Waals surface area (Å²) in [5.41, 5.74) is 2.81. The number of ether oxygens (including phenoxy) is 1. The Labute approximate surface area is 116 Å². The zero-order valence-electron chi connectivity index (χ0n) is 12.4. The van der Waals surface area contributed by atoms with Gasteiger partial charge in [-0.2, -0.15) is 0 Å². The molecule has 0 aromatic heterocycles. The smallest absolute Gasteiger partial charge is 0.0826 e. The van der Waals surface area contributed by atoms with E-state index in [9.17, 15) is 0 Å². The molecule has 1 aliphatic rings. The summed E-state index contributed by atoms with van der Waals surface area (Å²) in [5.74, 6) is 0.609. The summed E-state index contributed by atoms with van der Waals surface area (Å²) in [6.07, 6.45) is 0.327. The van der Waals surface area contributed by atoms with E-state index in [2.05, 4.69) is 48.3 Å². The lowest BCUT2D eigenvalue weighted by Gasteiger charge is -2.32. The van der Waals surface area contributed by atoms with Crippen LogP contribution in [0.4, 0.5) is 0 Å². The van der Waals surface area contributed by atoms with E-state index in [0.717, 1.165) is 32.8 Å². The van der Waals surface area contributed by atoms with Crippen LogP contribution in [0.3, 0.4) is 0 Å². The Morgan fingerprint density at radius 3 is 2.68 bits per heavy atom. The van der Waals surface area contributed by atoms with Gasteiger partial charge in [0.25, 0.3) is 0 Å². The number of benzene rings is 1. The van der Waals surface area contributed by atoms with Crippen LogP contribution in [0.2, 0.25) is 0 Å². The maximum atomic E-state index is 5.73. The molecule has 1 N–H and O–H groups in total. The molecule has 0 spiro atoms. The van der Waals surface area contributed by atoms with Gasteiger partial charge < -0.3 is 10.1 Å². The van der Waals surface area contributed by atoms with E-state index >= 15 is 0 Å².